The summed E-state index contributed by atoms with van der Waals surface area (Å²) >= 11 is 0. The zero-order chi connectivity index (χ0) is 12.8. The van der Waals surface area contributed by atoms with Crippen LogP contribution in [0.25, 0.3) is 0 Å². The topological polar surface area (TPSA) is 58.4 Å². The number of aliphatic carboxylic acids is 1. The fourth-order valence-corrected chi connectivity index (χ4v) is 1.89. The molecule has 0 aliphatic rings. The Bertz CT molecular complexity index is 360. The van der Waals surface area contributed by atoms with E-state index in [1.165, 1.54) is 0 Å². The van der Waals surface area contributed by atoms with Gasteiger partial charge in [-0.2, -0.15) is 0 Å². The molecule has 0 unspecified atom stereocenters. The van der Waals surface area contributed by atoms with Gasteiger partial charge in [0.05, 0.1) is 18.6 Å². The van der Waals surface area contributed by atoms with Crippen LogP contribution < -0.4 is 0 Å². The summed E-state index contributed by atoms with van der Waals surface area (Å²) in [7, 11) is 0. The molecule has 5 nitrogen and oxygen atoms in total. The maximum Gasteiger partial charge on any atom is 0.317 e. The number of nitrogens with zero attached hydrogens (tertiary/aromatic N) is 3. The van der Waals surface area contributed by atoms with Crippen LogP contribution in [0.15, 0.2) is 12.5 Å². The highest BCUT2D eigenvalue weighted by atomic mass is 16.4. The number of imidazole rings is 1. The molecule has 1 aromatic rings. The lowest BCUT2D eigenvalue weighted by atomic mass is 10.2. The number of carbonyl (C=O) groups is 1. The molecule has 1 aromatic heterocycles. The Morgan fingerprint density at radius 2 is 2.29 bits per heavy atom. The Balaban J connectivity index is 2.67. The maximum absolute atomic E-state index is 10.8. The van der Waals surface area contributed by atoms with E-state index >= 15 is 0 Å². The van der Waals surface area contributed by atoms with Crippen molar-refractivity contribution in [3.63, 3.8) is 0 Å². The minimum atomic E-state index is -0.784. The number of hydrogen-bond donors (Lipinski definition) is 1. The van der Waals surface area contributed by atoms with Crippen LogP contribution in [0.3, 0.4) is 0 Å². The molecule has 5 heteroatoms. The van der Waals surface area contributed by atoms with Gasteiger partial charge in [0.15, 0.2) is 0 Å². The molecule has 0 saturated carbocycles. The van der Waals surface area contributed by atoms with Gasteiger partial charge in [0, 0.05) is 25.8 Å². The highest BCUT2D eigenvalue weighted by molar-refractivity contribution is 5.69. The Labute approximate surface area is 102 Å². The van der Waals surface area contributed by atoms with Gasteiger partial charge >= 0.3 is 5.97 Å². The summed E-state index contributed by atoms with van der Waals surface area (Å²) in [6, 6.07) is 0. The standard InChI is InChI=1S/C12H21N3O2/c1-4-15-9-13-5-11(15)7-14(6-10(2)3)8-12(16)17/h5,9-10H,4,6-8H2,1-3H3,(H,16,17). The third-order valence-corrected chi connectivity index (χ3v) is 2.51. The van der Waals surface area contributed by atoms with E-state index in [2.05, 4.69) is 25.8 Å². The Hall–Kier alpha value is -1.36. The summed E-state index contributed by atoms with van der Waals surface area (Å²) in [6.45, 7) is 8.58. The summed E-state index contributed by atoms with van der Waals surface area (Å²) < 4.78 is 2.04. The lowest BCUT2D eigenvalue weighted by Crippen LogP contribution is -2.33. The van der Waals surface area contributed by atoms with Crippen LogP contribution in [-0.2, 0) is 17.9 Å². The number of rotatable bonds is 7. The largest absolute Gasteiger partial charge is 0.480 e. The van der Waals surface area contributed by atoms with Gasteiger partial charge in [-0.25, -0.2) is 4.98 Å². The van der Waals surface area contributed by atoms with Gasteiger partial charge in [0.2, 0.25) is 0 Å². The van der Waals surface area contributed by atoms with E-state index in [1.807, 2.05) is 9.47 Å². The summed E-state index contributed by atoms with van der Waals surface area (Å²) in [6.07, 6.45) is 3.59. The molecule has 1 N–H and O–H groups in total. The van der Waals surface area contributed by atoms with Crippen LogP contribution in [0.1, 0.15) is 26.5 Å². The first kappa shape index (κ1) is 13.7. The predicted octanol–water partition coefficient (Wildman–Crippen LogP) is 1.45. The minimum absolute atomic E-state index is 0.0765. The van der Waals surface area contributed by atoms with Crippen molar-refractivity contribution in [1.29, 1.82) is 0 Å². The van der Waals surface area contributed by atoms with Crippen LogP contribution in [0, 0.1) is 5.92 Å². The van der Waals surface area contributed by atoms with Crippen molar-refractivity contribution in [2.75, 3.05) is 13.1 Å². The predicted molar refractivity (Wildman–Crippen MR) is 65.7 cm³/mol. The smallest absolute Gasteiger partial charge is 0.317 e. The van der Waals surface area contributed by atoms with Crippen LogP contribution in [0.2, 0.25) is 0 Å². The fourth-order valence-electron chi connectivity index (χ4n) is 1.89. The van der Waals surface area contributed by atoms with Crippen molar-refractivity contribution >= 4 is 5.97 Å². The van der Waals surface area contributed by atoms with Crippen molar-refractivity contribution in [3.8, 4) is 0 Å². The van der Waals surface area contributed by atoms with E-state index in [0.717, 1.165) is 18.8 Å². The first-order valence-electron chi connectivity index (χ1n) is 5.96. The van der Waals surface area contributed by atoms with Crippen LogP contribution in [-0.4, -0.2) is 38.6 Å². The Morgan fingerprint density at radius 3 is 2.82 bits per heavy atom. The summed E-state index contributed by atoms with van der Waals surface area (Å²) in [5.41, 5.74) is 1.06. The molecule has 0 aromatic carbocycles. The van der Waals surface area contributed by atoms with Gasteiger partial charge in [-0.3, -0.25) is 9.69 Å². The molecule has 0 atom stereocenters. The summed E-state index contributed by atoms with van der Waals surface area (Å²) in [5, 5.41) is 8.89. The second-order valence-electron chi connectivity index (χ2n) is 4.63. The highest BCUT2D eigenvalue weighted by Gasteiger charge is 2.13. The maximum atomic E-state index is 10.8. The van der Waals surface area contributed by atoms with Crippen molar-refractivity contribution < 1.29 is 9.90 Å². The Kier molecular flexibility index (Phi) is 5.15. The second kappa shape index (κ2) is 6.39. The molecule has 96 valence electrons. The lowest BCUT2D eigenvalue weighted by Gasteiger charge is -2.22. The van der Waals surface area contributed by atoms with E-state index in [4.69, 9.17) is 5.11 Å². The van der Waals surface area contributed by atoms with Crippen LogP contribution >= 0.6 is 0 Å². The molecule has 0 fully saturated rings. The number of carboxylic acids is 1. The summed E-state index contributed by atoms with van der Waals surface area (Å²) in [4.78, 5) is 16.8. The molecule has 17 heavy (non-hydrogen) atoms. The zero-order valence-corrected chi connectivity index (χ0v) is 10.8. The van der Waals surface area contributed by atoms with Gasteiger partial charge in [-0.1, -0.05) is 13.8 Å². The molecular weight excluding hydrogens is 218 g/mol. The average molecular weight is 239 g/mol. The van der Waals surface area contributed by atoms with E-state index in [0.29, 0.717) is 12.5 Å². The molecule has 0 aliphatic heterocycles. The van der Waals surface area contributed by atoms with E-state index in [-0.39, 0.29) is 6.54 Å². The van der Waals surface area contributed by atoms with Gasteiger partial charge in [0.25, 0.3) is 0 Å². The third kappa shape index (κ3) is 4.56. The summed E-state index contributed by atoms with van der Waals surface area (Å²) in [5.74, 6) is -0.333. The molecular formula is C12H21N3O2. The molecule has 0 bridgehead atoms. The van der Waals surface area contributed by atoms with Gasteiger partial charge in [0.1, 0.15) is 0 Å². The van der Waals surface area contributed by atoms with Crippen molar-refractivity contribution in [2.24, 2.45) is 5.92 Å². The van der Waals surface area contributed by atoms with Gasteiger partial charge in [-0.15, -0.1) is 0 Å². The van der Waals surface area contributed by atoms with E-state index < -0.39 is 5.97 Å². The number of aryl methyl sites for hydroxylation is 1. The zero-order valence-electron chi connectivity index (χ0n) is 10.8. The van der Waals surface area contributed by atoms with E-state index in [1.54, 1.807) is 12.5 Å². The quantitative estimate of drug-likeness (QED) is 0.782. The molecule has 0 spiro atoms. The van der Waals surface area contributed by atoms with Crippen LogP contribution in [0.5, 0.6) is 0 Å². The lowest BCUT2D eigenvalue weighted by molar-refractivity contribution is -0.138. The third-order valence-electron chi connectivity index (χ3n) is 2.51. The fraction of sp³-hybridized carbons (Fsp3) is 0.667. The molecule has 1 heterocycles. The molecule has 1 rings (SSSR count). The average Bonchev–Trinajstić information content (AvgIpc) is 2.62. The number of carboxylic acid groups (broad SMARTS) is 1. The molecule has 0 radical (unpaired) electrons. The SMILES string of the molecule is CCn1cncc1CN(CC(=O)O)CC(C)C. The first-order chi connectivity index (χ1) is 8.02. The van der Waals surface area contributed by atoms with Crippen molar-refractivity contribution in [1.82, 2.24) is 14.5 Å². The van der Waals surface area contributed by atoms with Gasteiger partial charge in [-0.05, 0) is 12.8 Å². The number of hydrogen-bond acceptors (Lipinski definition) is 3. The van der Waals surface area contributed by atoms with Gasteiger partial charge < -0.3 is 9.67 Å². The normalized spacial score (nSPS) is 11.4. The minimum Gasteiger partial charge on any atom is -0.480 e. The Morgan fingerprint density at radius 1 is 1.59 bits per heavy atom. The molecule has 0 saturated heterocycles. The van der Waals surface area contributed by atoms with Crippen molar-refractivity contribution in [3.05, 3.63) is 18.2 Å². The number of aromatic nitrogens is 2. The second-order valence-corrected chi connectivity index (χ2v) is 4.63. The molecule has 0 aliphatic carbocycles. The van der Waals surface area contributed by atoms with Crippen molar-refractivity contribution in [2.45, 2.75) is 33.9 Å². The van der Waals surface area contributed by atoms with E-state index in [9.17, 15) is 4.79 Å². The highest BCUT2D eigenvalue weighted by Crippen LogP contribution is 2.07. The monoisotopic (exact) mass is 239 g/mol. The molecule has 0 amide bonds. The van der Waals surface area contributed by atoms with Crippen LogP contribution in [0.4, 0.5) is 0 Å². The first-order valence-corrected chi connectivity index (χ1v) is 5.96.